The van der Waals surface area contributed by atoms with Gasteiger partial charge in [-0.25, -0.2) is 15.0 Å². The Bertz CT molecular complexity index is 686. The van der Waals surface area contributed by atoms with Crippen LogP contribution in [0.25, 0.3) is 0 Å². The fourth-order valence-electron chi connectivity index (χ4n) is 2.43. The van der Waals surface area contributed by atoms with Crippen molar-refractivity contribution >= 4 is 17.6 Å². The number of hydrogen-bond acceptors (Lipinski definition) is 3. The molecule has 122 valence electrons. The van der Waals surface area contributed by atoms with Crippen LogP contribution in [0.5, 0.6) is 0 Å². The van der Waals surface area contributed by atoms with Crippen LogP contribution in [0.2, 0.25) is 0 Å². The maximum absolute atomic E-state index is 5.98. The Morgan fingerprint density at radius 3 is 2.43 bits per heavy atom. The van der Waals surface area contributed by atoms with E-state index in [4.69, 9.17) is 5.73 Å². The summed E-state index contributed by atoms with van der Waals surface area (Å²) in [7, 11) is 0. The highest BCUT2D eigenvalue weighted by molar-refractivity contribution is 5.92. The van der Waals surface area contributed by atoms with E-state index in [-0.39, 0.29) is 0 Å². The van der Waals surface area contributed by atoms with Crippen LogP contribution in [0.1, 0.15) is 42.3 Å². The van der Waals surface area contributed by atoms with Gasteiger partial charge in [-0.2, -0.15) is 0 Å². The summed E-state index contributed by atoms with van der Waals surface area (Å²) < 4.78 is 0. The number of anilines is 1. The molecule has 0 unspecified atom stereocenters. The Balaban J connectivity index is 2.13. The fourth-order valence-corrected chi connectivity index (χ4v) is 2.43. The van der Waals surface area contributed by atoms with Crippen molar-refractivity contribution in [3.8, 4) is 0 Å². The van der Waals surface area contributed by atoms with Crippen molar-refractivity contribution in [1.29, 1.82) is 0 Å². The predicted octanol–water partition coefficient (Wildman–Crippen LogP) is 3.80. The minimum atomic E-state index is 0.291. The number of aliphatic imine (C=N–C) groups is 1. The molecule has 0 aliphatic carbocycles. The summed E-state index contributed by atoms with van der Waals surface area (Å²) in [6.07, 6.45) is 3.51. The van der Waals surface area contributed by atoms with E-state index in [1.54, 1.807) is 0 Å². The molecule has 0 fully saturated rings. The highest BCUT2D eigenvalue weighted by atomic mass is 15.2. The molecule has 1 aromatic heterocycles. The second-order valence-corrected chi connectivity index (χ2v) is 5.82. The molecular formula is C18H25N5. The number of rotatable bonds is 5. The van der Waals surface area contributed by atoms with Gasteiger partial charge in [0.15, 0.2) is 0 Å². The number of hydrogen-bond donors (Lipinski definition) is 2. The number of nitrogens with two attached hydrogens (primary N) is 1. The van der Waals surface area contributed by atoms with Crippen LogP contribution in [0, 0.1) is 20.8 Å². The Morgan fingerprint density at radius 1 is 1.13 bits per heavy atom. The summed E-state index contributed by atoms with van der Waals surface area (Å²) in [6.45, 7) is 8.10. The number of nitrogens with zero attached hydrogens (tertiary/aromatic N) is 3. The van der Waals surface area contributed by atoms with Crippen molar-refractivity contribution in [3.63, 3.8) is 0 Å². The molecule has 0 amide bonds. The van der Waals surface area contributed by atoms with E-state index in [0.717, 1.165) is 29.1 Å². The molecule has 0 aliphatic rings. The average Bonchev–Trinajstić information content (AvgIpc) is 2.46. The van der Waals surface area contributed by atoms with Gasteiger partial charge < -0.3 is 5.73 Å². The highest BCUT2D eigenvalue weighted by Gasteiger charge is 2.03. The van der Waals surface area contributed by atoms with Crippen molar-refractivity contribution < 1.29 is 0 Å². The third-order valence-corrected chi connectivity index (χ3v) is 3.54. The molecule has 1 heterocycles. The van der Waals surface area contributed by atoms with Crippen molar-refractivity contribution in [2.45, 2.75) is 47.0 Å². The van der Waals surface area contributed by atoms with E-state index in [0.29, 0.717) is 11.9 Å². The molecule has 0 bridgehead atoms. The third kappa shape index (κ3) is 5.06. The molecule has 3 N–H and O–H groups in total. The molecule has 0 aliphatic heterocycles. The lowest BCUT2D eigenvalue weighted by Gasteiger charge is -2.08. The monoisotopic (exact) mass is 311 g/mol. The molecule has 23 heavy (non-hydrogen) atoms. The first kappa shape index (κ1) is 16.9. The smallest absolute Gasteiger partial charge is 0.229 e. The minimum absolute atomic E-state index is 0.291. The molecule has 1 aromatic carbocycles. The van der Waals surface area contributed by atoms with E-state index < -0.39 is 0 Å². The lowest BCUT2D eigenvalue weighted by molar-refractivity contribution is 0.794. The van der Waals surface area contributed by atoms with Gasteiger partial charge in [-0.1, -0.05) is 25.5 Å². The van der Waals surface area contributed by atoms with Crippen LogP contribution in [0.4, 0.5) is 11.6 Å². The molecule has 2 rings (SSSR count). The number of aromatic nitrogens is 2. The molecular weight excluding hydrogens is 286 g/mol. The van der Waals surface area contributed by atoms with E-state index in [1.165, 1.54) is 18.4 Å². The van der Waals surface area contributed by atoms with Crippen LogP contribution >= 0.6 is 0 Å². The van der Waals surface area contributed by atoms with Gasteiger partial charge in [0.05, 0.1) is 5.69 Å². The van der Waals surface area contributed by atoms with Gasteiger partial charge in [-0.3, -0.25) is 5.32 Å². The molecule has 5 nitrogen and oxygen atoms in total. The van der Waals surface area contributed by atoms with Crippen LogP contribution in [0.3, 0.4) is 0 Å². The molecule has 5 heteroatoms. The van der Waals surface area contributed by atoms with E-state index in [1.807, 2.05) is 26.0 Å². The zero-order chi connectivity index (χ0) is 16.8. The molecule has 2 aromatic rings. The van der Waals surface area contributed by atoms with Crippen LogP contribution < -0.4 is 11.1 Å². The quantitative estimate of drug-likeness (QED) is 0.650. The fraction of sp³-hybridized carbons (Fsp3) is 0.389. The first-order valence-corrected chi connectivity index (χ1v) is 8.01. The maximum atomic E-state index is 5.98. The Hall–Kier alpha value is -2.43. The SMILES string of the molecule is CCCCc1ccc(N=C(N)Nc2nc(C)cc(C)n2)c(C)c1. The van der Waals surface area contributed by atoms with Gasteiger partial charge in [-0.15, -0.1) is 0 Å². The van der Waals surface area contributed by atoms with Gasteiger partial charge in [0.1, 0.15) is 0 Å². The van der Waals surface area contributed by atoms with Crippen molar-refractivity contribution in [2.75, 3.05) is 5.32 Å². The summed E-state index contributed by atoms with van der Waals surface area (Å²) >= 11 is 0. The number of benzene rings is 1. The predicted molar refractivity (Wildman–Crippen MR) is 96.2 cm³/mol. The average molecular weight is 311 g/mol. The van der Waals surface area contributed by atoms with Crippen molar-refractivity contribution in [3.05, 3.63) is 46.8 Å². The van der Waals surface area contributed by atoms with Gasteiger partial charge in [0.25, 0.3) is 0 Å². The normalized spacial score (nSPS) is 11.6. The molecule has 0 saturated heterocycles. The number of guanidine groups is 1. The zero-order valence-electron chi connectivity index (χ0n) is 14.3. The lowest BCUT2D eigenvalue weighted by Crippen LogP contribution is -2.23. The van der Waals surface area contributed by atoms with Gasteiger partial charge in [0, 0.05) is 11.4 Å². The van der Waals surface area contributed by atoms with Crippen LogP contribution in [0.15, 0.2) is 29.3 Å². The first-order valence-electron chi connectivity index (χ1n) is 8.01. The lowest BCUT2D eigenvalue weighted by atomic mass is 10.0. The van der Waals surface area contributed by atoms with E-state index in [2.05, 4.69) is 46.3 Å². The van der Waals surface area contributed by atoms with E-state index in [9.17, 15) is 0 Å². The molecule has 0 saturated carbocycles. The van der Waals surface area contributed by atoms with Gasteiger partial charge in [-0.05, 0) is 56.9 Å². The van der Waals surface area contributed by atoms with E-state index >= 15 is 0 Å². The summed E-state index contributed by atoms with van der Waals surface area (Å²) in [5.41, 5.74) is 11.1. The number of nitrogens with one attached hydrogen (secondary N) is 1. The molecule has 0 radical (unpaired) electrons. The topological polar surface area (TPSA) is 76.2 Å². The second kappa shape index (κ2) is 7.72. The Kier molecular flexibility index (Phi) is 5.68. The summed E-state index contributed by atoms with van der Waals surface area (Å²) in [5.74, 6) is 0.764. The summed E-state index contributed by atoms with van der Waals surface area (Å²) in [4.78, 5) is 13.0. The second-order valence-electron chi connectivity index (χ2n) is 5.82. The van der Waals surface area contributed by atoms with Gasteiger partial charge >= 0.3 is 0 Å². The molecule has 0 spiro atoms. The van der Waals surface area contributed by atoms with Crippen molar-refractivity contribution in [2.24, 2.45) is 10.7 Å². The Labute approximate surface area is 138 Å². The number of aryl methyl sites for hydroxylation is 4. The van der Waals surface area contributed by atoms with Crippen molar-refractivity contribution in [1.82, 2.24) is 9.97 Å². The van der Waals surface area contributed by atoms with Crippen LogP contribution in [-0.2, 0) is 6.42 Å². The zero-order valence-corrected chi connectivity index (χ0v) is 14.3. The Morgan fingerprint density at radius 2 is 1.83 bits per heavy atom. The third-order valence-electron chi connectivity index (χ3n) is 3.54. The van der Waals surface area contributed by atoms with Gasteiger partial charge in [0.2, 0.25) is 11.9 Å². The molecule has 0 atom stereocenters. The largest absolute Gasteiger partial charge is 0.369 e. The number of unbranched alkanes of at least 4 members (excludes halogenated alkanes) is 1. The summed E-state index contributed by atoms with van der Waals surface area (Å²) in [6, 6.07) is 8.21. The minimum Gasteiger partial charge on any atom is -0.369 e. The van der Waals surface area contributed by atoms with Crippen LogP contribution in [-0.4, -0.2) is 15.9 Å². The summed E-state index contributed by atoms with van der Waals surface area (Å²) in [5, 5.41) is 2.95. The standard InChI is InChI=1S/C18H25N5/c1-5-6-7-15-8-9-16(12(2)10-15)22-17(19)23-18-20-13(3)11-14(4)21-18/h8-11H,5-7H2,1-4H3,(H3,19,20,21,22,23). The maximum Gasteiger partial charge on any atom is 0.229 e. The highest BCUT2D eigenvalue weighted by Crippen LogP contribution is 2.21. The first-order chi connectivity index (χ1) is 11.0.